The second-order valence-corrected chi connectivity index (χ2v) is 4.10. The number of anilines is 1. The Balaban J connectivity index is 0.000000771. The van der Waals surface area contributed by atoms with E-state index in [2.05, 4.69) is 5.32 Å². The lowest BCUT2D eigenvalue weighted by atomic mass is 10.2. The van der Waals surface area contributed by atoms with Crippen LogP contribution in [0.2, 0.25) is 5.02 Å². The lowest BCUT2D eigenvalue weighted by Gasteiger charge is -2.26. The van der Waals surface area contributed by atoms with Gasteiger partial charge in [-0.15, -0.1) is 0 Å². The van der Waals surface area contributed by atoms with Crippen LogP contribution in [0.3, 0.4) is 0 Å². The fraction of sp³-hybridized carbons (Fsp3) is 0.385. The first-order chi connectivity index (χ1) is 8.58. The van der Waals surface area contributed by atoms with E-state index >= 15 is 0 Å². The summed E-state index contributed by atoms with van der Waals surface area (Å²) >= 11 is 5.98. The molecule has 1 fully saturated rings. The van der Waals surface area contributed by atoms with Crippen LogP contribution < -0.4 is 10.2 Å². The average Bonchev–Trinajstić information content (AvgIpc) is 2.35. The summed E-state index contributed by atoms with van der Waals surface area (Å²) in [5.74, 6) is -0.237. The van der Waals surface area contributed by atoms with Crippen molar-refractivity contribution in [2.75, 3.05) is 11.4 Å². The van der Waals surface area contributed by atoms with Crippen molar-refractivity contribution in [3.8, 4) is 0 Å². The molecule has 3 amide bonds. The molecular weight excluding hydrogens is 252 g/mol. The molecule has 0 bridgehead atoms. The third-order valence-electron chi connectivity index (χ3n) is 2.52. The smallest absolute Gasteiger partial charge is 0.294 e. The van der Waals surface area contributed by atoms with Crippen molar-refractivity contribution in [2.24, 2.45) is 0 Å². The van der Waals surface area contributed by atoms with Crippen LogP contribution in [-0.4, -0.2) is 18.5 Å². The minimum atomic E-state index is -0.392. The van der Waals surface area contributed by atoms with Crippen molar-refractivity contribution in [1.82, 2.24) is 5.32 Å². The summed E-state index contributed by atoms with van der Waals surface area (Å²) in [7, 11) is 0. The highest BCUT2D eigenvalue weighted by Gasteiger charge is 2.24. The molecule has 0 saturated carbocycles. The standard InChI is InChI=1S/C11H11ClN2O2.C2H6/c1-7-2-3-8(6-9(7)12)14-5-4-10(15)13-11(14)16;1-2/h2-3,6H,4-5H2,1H3,(H,13,15,16);1-2H3. The van der Waals surface area contributed by atoms with Gasteiger partial charge >= 0.3 is 6.03 Å². The van der Waals surface area contributed by atoms with Crippen LogP contribution in [0.4, 0.5) is 10.5 Å². The number of hydrogen-bond acceptors (Lipinski definition) is 2. The maximum atomic E-state index is 11.6. The topological polar surface area (TPSA) is 49.4 Å². The average molecular weight is 269 g/mol. The number of nitrogens with zero attached hydrogens (tertiary/aromatic N) is 1. The maximum Gasteiger partial charge on any atom is 0.328 e. The van der Waals surface area contributed by atoms with E-state index in [1.165, 1.54) is 4.90 Å². The number of aryl methyl sites for hydroxylation is 1. The number of amides is 3. The van der Waals surface area contributed by atoms with Gasteiger partial charge in [0.1, 0.15) is 0 Å². The molecule has 0 atom stereocenters. The molecule has 5 heteroatoms. The number of rotatable bonds is 1. The molecule has 4 nitrogen and oxygen atoms in total. The summed E-state index contributed by atoms with van der Waals surface area (Å²) < 4.78 is 0. The summed E-state index contributed by atoms with van der Waals surface area (Å²) in [5, 5.41) is 2.88. The number of hydrogen-bond donors (Lipinski definition) is 1. The number of nitrogens with one attached hydrogen (secondary N) is 1. The van der Waals surface area contributed by atoms with Crippen molar-refractivity contribution < 1.29 is 9.59 Å². The Morgan fingerprint density at radius 2 is 1.94 bits per heavy atom. The minimum Gasteiger partial charge on any atom is -0.294 e. The van der Waals surface area contributed by atoms with Gasteiger partial charge in [0.25, 0.3) is 0 Å². The molecule has 1 heterocycles. The lowest BCUT2D eigenvalue weighted by Crippen LogP contribution is -2.49. The summed E-state index contributed by atoms with van der Waals surface area (Å²) in [6, 6.07) is 5.00. The first-order valence-corrected chi connectivity index (χ1v) is 6.33. The van der Waals surface area contributed by atoms with Gasteiger partial charge in [0, 0.05) is 23.7 Å². The molecule has 98 valence electrons. The van der Waals surface area contributed by atoms with Gasteiger partial charge in [0.15, 0.2) is 0 Å². The molecule has 0 radical (unpaired) electrons. The molecule has 1 saturated heterocycles. The molecule has 2 rings (SSSR count). The van der Waals surface area contributed by atoms with Gasteiger partial charge in [-0.3, -0.25) is 15.0 Å². The zero-order chi connectivity index (χ0) is 13.7. The van der Waals surface area contributed by atoms with Gasteiger partial charge < -0.3 is 0 Å². The van der Waals surface area contributed by atoms with Crippen molar-refractivity contribution in [3.63, 3.8) is 0 Å². The Kier molecular flexibility index (Phi) is 5.16. The van der Waals surface area contributed by atoms with Gasteiger partial charge in [-0.05, 0) is 24.6 Å². The molecule has 0 unspecified atom stereocenters. The number of benzene rings is 1. The van der Waals surface area contributed by atoms with Crippen molar-refractivity contribution in [1.29, 1.82) is 0 Å². The summed E-state index contributed by atoms with van der Waals surface area (Å²) in [6.07, 6.45) is 0.317. The van der Waals surface area contributed by atoms with Gasteiger partial charge in [-0.2, -0.15) is 0 Å². The molecule has 1 N–H and O–H groups in total. The largest absolute Gasteiger partial charge is 0.328 e. The molecule has 1 aliphatic heterocycles. The first-order valence-electron chi connectivity index (χ1n) is 5.95. The summed E-state index contributed by atoms with van der Waals surface area (Å²) in [4.78, 5) is 24.0. The predicted octanol–water partition coefficient (Wildman–Crippen LogP) is 3.12. The van der Waals surface area contributed by atoms with Gasteiger partial charge in [-0.25, -0.2) is 4.79 Å². The zero-order valence-corrected chi connectivity index (χ0v) is 11.5. The molecular formula is C13H17ClN2O2. The second kappa shape index (κ2) is 6.40. The number of imide groups is 1. The van der Waals surface area contributed by atoms with E-state index < -0.39 is 6.03 Å². The highest BCUT2D eigenvalue weighted by Crippen LogP contribution is 2.24. The molecule has 0 spiro atoms. The zero-order valence-electron chi connectivity index (χ0n) is 10.8. The molecule has 0 aliphatic carbocycles. The van der Waals surface area contributed by atoms with E-state index in [1.54, 1.807) is 6.07 Å². The van der Waals surface area contributed by atoms with Crippen molar-refractivity contribution in [2.45, 2.75) is 27.2 Å². The van der Waals surface area contributed by atoms with Crippen LogP contribution in [0, 0.1) is 6.92 Å². The van der Waals surface area contributed by atoms with Gasteiger partial charge in [0.05, 0.1) is 0 Å². The normalized spacial score (nSPS) is 14.8. The van der Waals surface area contributed by atoms with Crippen molar-refractivity contribution >= 4 is 29.2 Å². The second-order valence-electron chi connectivity index (χ2n) is 3.69. The van der Waals surface area contributed by atoms with E-state index in [9.17, 15) is 9.59 Å². The fourth-order valence-electron chi connectivity index (χ4n) is 1.56. The Bertz CT molecular complexity index is 460. The van der Waals surface area contributed by atoms with Crippen LogP contribution in [-0.2, 0) is 4.79 Å². The Labute approximate surface area is 112 Å². The van der Waals surface area contributed by atoms with Crippen LogP contribution in [0.15, 0.2) is 18.2 Å². The maximum absolute atomic E-state index is 11.6. The number of carbonyl (C=O) groups is 2. The first kappa shape index (κ1) is 14.5. The molecule has 1 aromatic carbocycles. The van der Waals surface area contributed by atoms with Crippen LogP contribution in [0.25, 0.3) is 0 Å². The third kappa shape index (κ3) is 3.23. The Hall–Kier alpha value is -1.55. The summed E-state index contributed by atoms with van der Waals surface area (Å²) in [6.45, 7) is 6.29. The van der Waals surface area contributed by atoms with Crippen LogP contribution >= 0.6 is 11.6 Å². The number of urea groups is 1. The fourth-order valence-corrected chi connectivity index (χ4v) is 1.73. The van der Waals surface area contributed by atoms with Crippen LogP contribution in [0.1, 0.15) is 25.8 Å². The van der Waals surface area contributed by atoms with Crippen molar-refractivity contribution in [3.05, 3.63) is 28.8 Å². The monoisotopic (exact) mass is 268 g/mol. The Morgan fingerprint density at radius 3 is 2.50 bits per heavy atom. The third-order valence-corrected chi connectivity index (χ3v) is 2.93. The molecule has 0 aromatic heterocycles. The molecule has 1 aromatic rings. The molecule has 18 heavy (non-hydrogen) atoms. The highest BCUT2D eigenvalue weighted by molar-refractivity contribution is 6.31. The lowest BCUT2D eigenvalue weighted by molar-refractivity contribution is -0.120. The van der Waals surface area contributed by atoms with Crippen LogP contribution in [0.5, 0.6) is 0 Å². The van der Waals surface area contributed by atoms with E-state index in [-0.39, 0.29) is 5.91 Å². The van der Waals surface area contributed by atoms with E-state index in [0.717, 1.165) is 5.56 Å². The molecule has 1 aliphatic rings. The van der Waals surface area contributed by atoms with E-state index in [0.29, 0.717) is 23.7 Å². The van der Waals surface area contributed by atoms with E-state index in [1.807, 2.05) is 32.9 Å². The highest BCUT2D eigenvalue weighted by atomic mass is 35.5. The summed E-state index contributed by atoms with van der Waals surface area (Å²) in [5.41, 5.74) is 1.67. The minimum absolute atomic E-state index is 0.237. The number of halogens is 1. The number of carbonyl (C=O) groups excluding carboxylic acids is 2. The van der Waals surface area contributed by atoms with Gasteiger partial charge in [0.2, 0.25) is 5.91 Å². The predicted molar refractivity (Wildman–Crippen MR) is 73.0 cm³/mol. The quantitative estimate of drug-likeness (QED) is 0.851. The van der Waals surface area contributed by atoms with E-state index in [4.69, 9.17) is 11.6 Å². The Morgan fingerprint density at radius 1 is 1.28 bits per heavy atom. The van der Waals surface area contributed by atoms with Gasteiger partial charge in [-0.1, -0.05) is 31.5 Å². The SMILES string of the molecule is CC.Cc1ccc(N2CCC(=O)NC2=O)cc1Cl.